The van der Waals surface area contributed by atoms with Gasteiger partial charge in [-0.05, 0) is 55.2 Å². The molecule has 226 valence electrons. The summed E-state index contributed by atoms with van der Waals surface area (Å²) in [4.78, 5) is 0. The van der Waals surface area contributed by atoms with Crippen LogP contribution in [0.3, 0.4) is 0 Å². The molecule has 3 rings (SSSR count). The molecule has 0 amide bonds. The normalized spacial score (nSPS) is 12.2. The van der Waals surface area contributed by atoms with Gasteiger partial charge in [-0.15, -0.1) is 0 Å². The quantitative estimate of drug-likeness (QED) is 0.0789. The molecule has 1 N–H and O–H groups in total. The number of alkyl halides is 7. The number of aryl methyl sites for hydroxylation is 1. The Bertz CT molecular complexity index is 1300. The standard InChI is InChI=1S/C27H28ClF6IN2O4/c1-37-21(16-23(36-37)27(32,33)34)18-6-8-22(41-11-4-2-3-10-39-13-14-40-12-9-35)24(25(18)38)17-5-7-20(28)19(15-17)26(29,30)31/h5-8,15-16,38H,2-4,9-14H2,1H3. The molecular formula is C27H28ClF6IN2O4. The summed E-state index contributed by atoms with van der Waals surface area (Å²) in [6.07, 6.45) is -7.44. The van der Waals surface area contributed by atoms with Crippen molar-refractivity contribution < 1.29 is 45.7 Å². The van der Waals surface area contributed by atoms with Crippen LogP contribution in [0.1, 0.15) is 30.5 Å². The molecule has 1 aromatic heterocycles. The number of hydrogen-bond acceptors (Lipinski definition) is 5. The van der Waals surface area contributed by atoms with E-state index < -0.39 is 34.4 Å². The van der Waals surface area contributed by atoms with Crippen LogP contribution in [0.5, 0.6) is 11.5 Å². The van der Waals surface area contributed by atoms with E-state index in [1.54, 1.807) is 0 Å². The Kier molecular flexibility index (Phi) is 12.0. The van der Waals surface area contributed by atoms with E-state index in [0.717, 1.165) is 40.2 Å². The number of aromatic nitrogens is 2. The third-order valence-corrected chi connectivity index (χ3v) is 6.70. The molecule has 3 aromatic rings. The van der Waals surface area contributed by atoms with E-state index in [-0.39, 0.29) is 34.7 Å². The number of nitrogens with zero attached hydrogens (tertiary/aromatic N) is 2. The minimum Gasteiger partial charge on any atom is -0.506 e. The molecule has 0 unspecified atom stereocenters. The Balaban J connectivity index is 1.84. The second kappa shape index (κ2) is 14.8. The smallest absolute Gasteiger partial charge is 0.435 e. The molecule has 0 aliphatic rings. The molecule has 0 radical (unpaired) electrons. The van der Waals surface area contributed by atoms with Crippen molar-refractivity contribution in [3.63, 3.8) is 0 Å². The lowest BCUT2D eigenvalue weighted by Gasteiger charge is -2.18. The van der Waals surface area contributed by atoms with E-state index in [0.29, 0.717) is 32.8 Å². The number of unbranched alkanes of at least 4 members (excludes halogenated alkanes) is 2. The third kappa shape index (κ3) is 9.13. The van der Waals surface area contributed by atoms with E-state index in [2.05, 4.69) is 27.7 Å². The van der Waals surface area contributed by atoms with Crippen molar-refractivity contribution in [1.82, 2.24) is 9.78 Å². The molecule has 0 aliphatic carbocycles. The van der Waals surface area contributed by atoms with E-state index in [1.165, 1.54) is 25.2 Å². The van der Waals surface area contributed by atoms with Gasteiger partial charge in [0.25, 0.3) is 0 Å². The molecule has 0 bridgehead atoms. The Labute approximate surface area is 251 Å². The van der Waals surface area contributed by atoms with E-state index in [1.807, 2.05) is 0 Å². The van der Waals surface area contributed by atoms with Crippen molar-refractivity contribution >= 4 is 34.2 Å². The van der Waals surface area contributed by atoms with Crippen LogP contribution in [0.4, 0.5) is 26.3 Å². The first kappa shape index (κ1) is 33.3. The SMILES string of the molecule is Cn1nc(C(F)(F)F)cc1-c1ccc(OCCCCCOCCOCCI)c(-c2ccc(Cl)c(C(F)(F)F)c2)c1O. The summed E-state index contributed by atoms with van der Waals surface area (Å²) in [7, 11) is 1.26. The van der Waals surface area contributed by atoms with E-state index >= 15 is 0 Å². The van der Waals surface area contributed by atoms with E-state index in [9.17, 15) is 31.4 Å². The van der Waals surface area contributed by atoms with Crippen LogP contribution in [-0.2, 0) is 28.9 Å². The van der Waals surface area contributed by atoms with Crippen molar-refractivity contribution in [2.45, 2.75) is 31.6 Å². The summed E-state index contributed by atoms with van der Waals surface area (Å²) in [5, 5.41) is 14.1. The topological polar surface area (TPSA) is 65.7 Å². The summed E-state index contributed by atoms with van der Waals surface area (Å²) in [5.74, 6) is -0.503. The highest BCUT2D eigenvalue weighted by molar-refractivity contribution is 14.1. The molecule has 0 atom stereocenters. The molecule has 1 heterocycles. The molecule has 0 saturated carbocycles. The second-order valence-electron chi connectivity index (χ2n) is 8.89. The van der Waals surface area contributed by atoms with Gasteiger partial charge >= 0.3 is 12.4 Å². The number of phenolic OH excluding ortho intramolecular Hbond substituents is 1. The van der Waals surface area contributed by atoms with Crippen molar-refractivity contribution in [2.75, 3.05) is 37.5 Å². The van der Waals surface area contributed by atoms with Crippen LogP contribution in [0.25, 0.3) is 22.4 Å². The first-order chi connectivity index (χ1) is 19.3. The van der Waals surface area contributed by atoms with Gasteiger partial charge in [-0.1, -0.05) is 40.3 Å². The summed E-state index contributed by atoms with van der Waals surface area (Å²) in [6.45, 7) is 2.39. The van der Waals surface area contributed by atoms with Crippen LogP contribution in [0.15, 0.2) is 36.4 Å². The zero-order valence-electron chi connectivity index (χ0n) is 21.9. The maximum atomic E-state index is 13.6. The molecule has 0 aliphatic heterocycles. The number of halogens is 8. The Morgan fingerprint density at radius 2 is 1.56 bits per heavy atom. The summed E-state index contributed by atoms with van der Waals surface area (Å²) < 4.78 is 99.0. The molecular weight excluding hydrogens is 693 g/mol. The van der Waals surface area contributed by atoms with Crippen molar-refractivity contribution in [3.8, 4) is 33.9 Å². The first-order valence-electron chi connectivity index (χ1n) is 12.5. The third-order valence-electron chi connectivity index (χ3n) is 5.93. The lowest BCUT2D eigenvalue weighted by Crippen LogP contribution is -2.07. The lowest BCUT2D eigenvalue weighted by molar-refractivity contribution is -0.141. The Hall–Kier alpha value is -2.23. The number of aromatic hydroxyl groups is 1. The molecule has 41 heavy (non-hydrogen) atoms. The zero-order valence-corrected chi connectivity index (χ0v) is 24.8. The Morgan fingerprint density at radius 3 is 2.20 bits per heavy atom. The highest BCUT2D eigenvalue weighted by Gasteiger charge is 2.36. The Morgan fingerprint density at radius 1 is 0.878 bits per heavy atom. The molecule has 0 fully saturated rings. The maximum Gasteiger partial charge on any atom is 0.435 e. The predicted molar refractivity (Wildman–Crippen MR) is 151 cm³/mol. The number of ether oxygens (including phenoxy) is 3. The second-order valence-corrected chi connectivity index (χ2v) is 10.4. The van der Waals surface area contributed by atoms with Gasteiger partial charge in [0.05, 0.1) is 48.3 Å². The van der Waals surface area contributed by atoms with Crippen molar-refractivity contribution in [1.29, 1.82) is 0 Å². The van der Waals surface area contributed by atoms with Crippen molar-refractivity contribution in [2.24, 2.45) is 7.05 Å². The number of benzene rings is 2. The summed E-state index contributed by atoms with van der Waals surface area (Å²) in [6, 6.07) is 6.55. The van der Waals surface area contributed by atoms with Crippen LogP contribution >= 0.6 is 34.2 Å². The zero-order chi connectivity index (χ0) is 30.2. The highest BCUT2D eigenvalue weighted by Crippen LogP contribution is 2.47. The fraction of sp³-hybridized carbons (Fsp3) is 0.444. The van der Waals surface area contributed by atoms with Gasteiger partial charge in [0.2, 0.25) is 0 Å². The fourth-order valence-corrected chi connectivity index (χ4v) is 4.51. The van der Waals surface area contributed by atoms with Gasteiger partial charge in [-0.3, -0.25) is 4.68 Å². The van der Waals surface area contributed by atoms with Crippen LogP contribution in [0, 0.1) is 0 Å². The maximum absolute atomic E-state index is 13.6. The van der Waals surface area contributed by atoms with Gasteiger partial charge < -0.3 is 19.3 Å². The van der Waals surface area contributed by atoms with Gasteiger partial charge in [0.1, 0.15) is 11.5 Å². The molecule has 14 heteroatoms. The van der Waals surface area contributed by atoms with E-state index in [4.69, 9.17) is 25.8 Å². The van der Waals surface area contributed by atoms with Gasteiger partial charge in [0, 0.05) is 23.6 Å². The largest absolute Gasteiger partial charge is 0.506 e. The fourth-order valence-electron chi connectivity index (χ4n) is 3.98. The summed E-state index contributed by atoms with van der Waals surface area (Å²) >= 11 is 8.00. The lowest BCUT2D eigenvalue weighted by atomic mass is 9.97. The minimum atomic E-state index is -4.78. The average molecular weight is 721 g/mol. The molecule has 0 spiro atoms. The monoisotopic (exact) mass is 720 g/mol. The van der Waals surface area contributed by atoms with Crippen LogP contribution < -0.4 is 4.74 Å². The van der Waals surface area contributed by atoms with Crippen LogP contribution in [-0.4, -0.2) is 52.3 Å². The predicted octanol–water partition coefficient (Wildman–Crippen LogP) is 8.17. The average Bonchev–Trinajstić information content (AvgIpc) is 3.29. The van der Waals surface area contributed by atoms with Gasteiger partial charge in [-0.2, -0.15) is 31.4 Å². The minimum absolute atomic E-state index is 0.0589. The van der Waals surface area contributed by atoms with Gasteiger partial charge in [0.15, 0.2) is 5.69 Å². The molecule has 2 aromatic carbocycles. The number of rotatable bonds is 14. The first-order valence-corrected chi connectivity index (χ1v) is 14.4. The molecule has 6 nitrogen and oxygen atoms in total. The molecule has 0 saturated heterocycles. The van der Waals surface area contributed by atoms with Crippen molar-refractivity contribution in [3.05, 3.63) is 52.7 Å². The number of hydrogen-bond donors (Lipinski definition) is 1. The summed E-state index contributed by atoms with van der Waals surface area (Å²) in [5.41, 5.74) is -2.67. The number of phenols is 1. The van der Waals surface area contributed by atoms with Crippen LogP contribution in [0.2, 0.25) is 5.02 Å². The highest BCUT2D eigenvalue weighted by atomic mass is 127. The van der Waals surface area contributed by atoms with Gasteiger partial charge in [-0.25, -0.2) is 0 Å².